The van der Waals surface area contributed by atoms with Crippen LogP contribution in [0.4, 0.5) is 11.8 Å². The number of aromatic nitrogens is 3. The Morgan fingerprint density at radius 3 is 2.67 bits per heavy atom. The maximum absolute atomic E-state index is 13.6. The van der Waals surface area contributed by atoms with Crippen molar-refractivity contribution >= 4 is 35.2 Å². The van der Waals surface area contributed by atoms with E-state index in [0.717, 1.165) is 50.4 Å². The number of aliphatic hydroxyl groups excluding tert-OH is 1. The molecule has 5 heterocycles. The number of fused-ring (bicyclic) bond motifs is 1. The molecule has 45 heavy (non-hydrogen) atoms. The Labute approximate surface area is 267 Å². The number of nitrogens with zero attached hydrogens (tertiary/aromatic N) is 6. The second-order valence-electron chi connectivity index (χ2n) is 11.9. The first kappa shape index (κ1) is 31.2. The van der Waals surface area contributed by atoms with Gasteiger partial charge >= 0.3 is 0 Å². The van der Waals surface area contributed by atoms with Gasteiger partial charge in [-0.2, -0.15) is 0 Å². The number of likely N-dealkylation sites (N-methyl/N-ethyl adjacent to an activating group) is 1. The number of halogens is 1. The smallest absolute Gasteiger partial charge is 0.255 e. The summed E-state index contributed by atoms with van der Waals surface area (Å²) in [6.07, 6.45) is 3.30. The highest BCUT2D eigenvalue weighted by Gasteiger charge is 2.35. The van der Waals surface area contributed by atoms with Crippen molar-refractivity contribution < 1.29 is 19.4 Å². The fourth-order valence-corrected chi connectivity index (χ4v) is 6.14. The molecule has 0 radical (unpaired) electrons. The number of aliphatic hydroxyl groups is 1. The summed E-state index contributed by atoms with van der Waals surface area (Å²) in [4.78, 5) is 46.8. The molecule has 238 valence electrons. The summed E-state index contributed by atoms with van der Waals surface area (Å²) in [6.45, 7) is 6.65. The Balaban J connectivity index is 1.13. The first-order chi connectivity index (χ1) is 21.8. The molecule has 13 heteroatoms. The van der Waals surface area contributed by atoms with Crippen molar-refractivity contribution in [3.8, 4) is 11.3 Å². The zero-order valence-electron chi connectivity index (χ0n) is 25.6. The van der Waals surface area contributed by atoms with Crippen LogP contribution in [0.1, 0.15) is 47.4 Å². The monoisotopic (exact) mass is 634 g/mol. The molecule has 3 aliphatic rings. The van der Waals surface area contributed by atoms with Gasteiger partial charge in [-0.3, -0.25) is 9.59 Å². The summed E-state index contributed by atoms with van der Waals surface area (Å²) in [5.74, 6) is 0.667. The van der Waals surface area contributed by atoms with Crippen molar-refractivity contribution in [3.63, 3.8) is 0 Å². The van der Waals surface area contributed by atoms with Crippen LogP contribution in [0.2, 0.25) is 5.02 Å². The van der Waals surface area contributed by atoms with E-state index in [1.54, 1.807) is 25.3 Å². The number of hydrogen-bond donors (Lipinski definition) is 3. The molecule has 3 aliphatic heterocycles. The van der Waals surface area contributed by atoms with Crippen LogP contribution < -0.4 is 15.5 Å². The molecule has 12 nitrogen and oxygen atoms in total. The number of hydrogen-bond acceptors (Lipinski definition) is 10. The Morgan fingerprint density at radius 2 is 1.91 bits per heavy atom. The number of ether oxygens (including phenoxy) is 1. The van der Waals surface area contributed by atoms with Gasteiger partial charge in [0, 0.05) is 63.1 Å². The number of carbonyl (C=O) groups is 2. The number of pyridine rings is 1. The van der Waals surface area contributed by atoms with Gasteiger partial charge < -0.3 is 35.2 Å². The van der Waals surface area contributed by atoms with Crippen LogP contribution in [0.5, 0.6) is 0 Å². The average molecular weight is 635 g/mol. The lowest BCUT2D eigenvalue weighted by molar-refractivity contribution is -0.126. The molecule has 0 aliphatic carbocycles. The van der Waals surface area contributed by atoms with Crippen LogP contribution in [-0.2, 0) is 16.1 Å². The zero-order chi connectivity index (χ0) is 31.5. The van der Waals surface area contributed by atoms with Crippen LogP contribution in [0.3, 0.4) is 0 Å². The number of anilines is 2. The maximum Gasteiger partial charge on any atom is 0.255 e. The van der Waals surface area contributed by atoms with Gasteiger partial charge in [0.25, 0.3) is 5.91 Å². The summed E-state index contributed by atoms with van der Waals surface area (Å²) in [7, 11) is 2.10. The van der Waals surface area contributed by atoms with Crippen molar-refractivity contribution in [1.29, 1.82) is 0 Å². The highest BCUT2D eigenvalue weighted by atomic mass is 35.5. The lowest BCUT2D eigenvalue weighted by Crippen LogP contribution is -2.47. The second-order valence-corrected chi connectivity index (χ2v) is 12.3. The van der Waals surface area contributed by atoms with E-state index in [1.165, 1.54) is 4.90 Å². The summed E-state index contributed by atoms with van der Waals surface area (Å²) in [5.41, 5.74) is 3.10. The number of carbonyl (C=O) groups excluding carboxylic acids is 2. The standard InChI is InChI=1S/C32H39ClN8O4/c1-20(30(43)37-27(19-42)26-4-3-5-28(36-26)40-12-10-39(2)11-13-40)41-18-22-7-6-21(16-24(22)31(41)44)29-25(33)17-34-32(38-29)35-23-8-14-45-15-9-23/h3-7,16-17,20,23,27,42H,8-15,18-19H2,1-2H3,(H,37,43)(H,34,35,38)/t20-,27?/m1/s1. The molecule has 2 amide bonds. The van der Waals surface area contributed by atoms with E-state index in [0.29, 0.717) is 46.7 Å². The number of rotatable bonds is 9. The average Bonchev–Trinajstić information content (AvgIpc) is 3.40. The van der Waals surface area contributed by atoms with Crippen molar-refractivity contribution in [2.24, 2.45) is 0 Å². The van der Waals surface area contributed by atoms with Gasteiger partial charge in [-0.1, -0.05) is 29.8 Å². The predicted molar refractivity (Wildman–Crippen MR) is 171 cm³/mol. The fraction of sp³-hybridized carbons (Fsp3) is 0.469. The summed E-state index contributed by atoms with van der Waals surface area (Å²) < 4.78 is 5.44. The second kappa shape index (κ2) is 13.7. The molecule has 2 saturated heterocycles. The van der Waals surface area contributed by atoms with Gasteiger partial charge in [0.1, 0.15) is 11.9 Å². The largest absolute Gasteiger partial charge is 0.394 e. The lowest BCUT2D eigenvalue weighted by atomic mass is 10.0. The minimum Gasteiger partial charge on any atom is -0.394 e. The normalized spacial score (nSPS) is 18.9. The van der Waals surface area contributed by atoms with Gasteiger partial charge in [0.15, 0.2) is 0 Å². The highest BCUT2D eigenvalue weighted by Crippen LogP contribution is 2.32. The van der Waals surface area contributed by atoms with Crippen molar-refractivity contribution in [1.82, 2.24) is 30.1 Å². The zero-order valence-corrected chi connectivity index (χ0v) is 26.3. The van der Waals surface area contributed by atoms with Crippen molar-refractivity contribution in [2.75, 3.05) is 63.3 Å². The molecule has 6 rings (SSSR count). The van der Waals surface area contributed by atoms with E-state index in [4.69, 9.17) is 21.3 Å². The summed E-state index contributed by atoms with van der Waals surface area (Å²) in [5, 5.41) is 16.8. The van der Waals surface area contributed by atoms with Crippen molar-refractivity contribution in [3.05, 3.63) is 64.4 Å². The molecule has 3 N–H and O–H groups in total. The Bertz CT molecular complexity index is 1540. The van der Waals surface area contributed by atoms with Gasteiger partial charge in [0.05, 0.1) is 35.3 Å². The molecule has 2 atom stereocenters. The van der Waals surface area contributed by atoms with Gasteiger partial charge in [-0.25, -0.2) is 15.0 Å². The van der Waals surface area contributed by atoms with Crippen molar-refractivity contribution in [2.45, 2.75) is 44.4 Å². The lowest BCUT2D eigenvalue weighted by Gasteiger charge is -2.33. The van der Waals surface area contributed by atoms with Crippen LogP contribution in [0, 0.1) is 0 Å². The number of amides is 2. The van der Waals surface area contributed by atoms with E-state index in [1.807, 2.05) is 24.3 Å². The molecular formula is C32H39ClN8O4. The Hall–Kier alpha value is -3.84. The summed E-state index contributed by atoms with van der Waals surface area (Å²) in [6, 6.07) is 9.91. The predicted octanol–water partition coefficient (Wildman–Crippen LogP) is 2.73. The molecule has 2 aromatic heterocycles. The highest BCUT2D eigenvalue weighted by molar-refractivity contribution is 6.33. The van der Waals surface area contributed by atoms with Gasteiger partial charge in [-0.05, 0) is 50.6 Å². The molecule has 1 aromatic carbocycles. The van der Waals surface area contributed by atoms with E-state index >= 15 is 0 Å². The SMILES string of the molecule is C[C@H](C(=O)NC(CO)c1cccc(N2CCN(C)CC2)n1)N1Cc2ccc(-c3nc(NC4CCOCC4)ncc3Cl)cc2C1=O. The molecular weight excluding hydrogens is 596 g/mol. The van der Waals surface area contributed by atoms with E-state index < -0.39 is 12.1 Å². The number of benzene rings is 1. The van der Waals surface area contributed by atoms with Crippen LogP contribution in [0.15, 0.2) is 42.6 Å². The minimum atomic E-state index is -0.777. The van der Waals surface area contributed by atoms with E-state index in [-0.39, 0.29) is 31.0 Å². The topological polar surface area (TPSA) is 136 Å². The minimum absolute atomic E-state index is 0.220. The molecule has 2 fully saturated rings. The van der Waals surface area contributed by atoms with Crippen LogP contribution >= 0.6 is 11.6 Å². The molecule has 3 aromatic rings. The number of nitrogens with one attached hydrogen (secondary N) is 2. The first-order valence-corrected chi connectivity index (χ1v) is 15.8. The van der Waals surface area contributed by atoms with E-state index in [2.05, 4.69) is 37.4 Å². The first-order valence-electron chi connectivity index (χ1n) is 15.4. The summed E-state index contributed by atoms with van der Waals surface area (Å²) >= 11 is 6.50. The van der Waals surface area contributed by atoms with Gasteiger partial charge in [-0.15, -0.1) is 0 Å². The third-order valence-electron chi connectivity index (χ3n) is 8.80. The Kier molecular flexibility index (Phi) is 9.45. The molecule has 1 unspecified atom stereocenters. The quantitative estimate of drug-likeness (QED) is 0.322. The maximum atomic E-state index is 13.6. The molecule has 0 spiro atoms. The fourth-order valence-electron chi connectivity index (χ4n) is 5.94. The third kappa shape index (κ3) is 6.89. The molecule has 0 bridgehead atoms. The van der Waals surface area contributed by atoms with E-state index in [9.17, 15) is 14.7 Å². The third-order valence-corrected chi connectivity index (χ3v) is 9.08. The number of piperazine rings is 1. The van der Waals surface area contributed by atoms with Crippen LogP contribution in [0.25, 0.3) is 11.3 Å². The van der Waals surface area contributed by atoms with Gasteiger partial charge in [0.2, 0.25) is 11.9 Å². The Morgan fingerprint density at radius 1 is 1.13 bits per heavy atom. The molecule has 0 saturated carbocycles. The van der Waals surface area contributed by atoms with Crippen LogP contribution in [-0.4, -0.2) is 107 Å².